The van der Waals surface area contributed by atoms with Crippen molar-refractivity contribution < 1.29 is 9.59 Å². The SMILES string of the molecule is O=C(NCC1CC1)[C@@H]1CCCN(C(=O)Cc2c[nH]c3ccccc23)C1. The molecule has 0 unspecified atom stereocenters. The highest BCUT2D eigenvalue weighted by atomic mass is 16.2. The molecule has 0 radical (unpaired) electrons. The Kier molecular flexibility index (Phi) is 4.47. The van der Waals surface area contributed by atoms with Crippen molar-refractivity contribution in [2.45, 2.75) is 32.1 Å². The highest BCUT2D eigenvalue weighted by Crippen LogP contribution is 2.28. The summed E-state index contributed by atoms with van der Waals surface area (Å²) in [6.45, 7) is 2.11. The van der Waals surface area contributed by atoms with Gasteiger partial charge in [0.1, 0.15) is 0 Å². The summed E-state index contributed by atoms with van der Waals surface area (Å²) in [5, 5.41) is 4.16. The van der Waals surface area contributed by atoms with Crippen LogP contribution < -0.4 is 5.32 Å². The molecule has 1 saturated carbocycles. The van der Waals surface area contributed by atoms with Crippen molar-refractivity contribution in [2.24, 2.45) is 11.8 Å². The van der Waals surface area contributed by atoms with Gasteiger partial charge in [0.05, 0.1) is 12.3 Å². The van der Waals surface area contributed by atoms with E-state index >= 15 is 0 Å². The Hall–Kier alpha value is -2.30. The molecule has 0 bridgehead atoms. The molecule has 25 heavy (non-hydrogen) atoms. The Labute approximate surface area is 147 Å². The Balaban J connectivity index is 1.37. The zero-order chi connectivity index (χ0) is 17.2. The van der Waals surface area contributed by atoms with Crippen LogP contribution in [0.2, 0.25) is 0 Å². The predicted molar refractivity (Wildman–Crippen MR) is 97.0 cm³/mol. The zero-order valence-electron chi connectivity index (χ0n) is 14.5. The fraction of sp³-hybridized carbons (Fsp3) is 0.500. The summed E-state index contributed by atoms with van der Waals surface area (Å²) in [7, 11) is 0. The normalized spacial score (nSPS) is 20.6. The van der Waals surface area contributed by atoms with Gasteiger partial charge in [-0.05, 0) is 43.2 Å². The summed E-state index contributed by atoms with van der Waals surface area (Å²) < 4.78 is 0. The number of piperidine rings is 1. The predicted octanol–water partition coefficient (Wildman–Crippen LogP) is 2.48. The van der Waals surface area contributed by atoms with Gasteiger partial charge < -0.3 is 15.2 Å². The second-order valence-corrected chi connectivity index (χ2v) is 7.40. The van der Waals surface area contributed by atoms with Gasteiger partial charge in [-0.15, -0.1) is 0 Å². The second kappa shape index (κ2) is 6.90. The first-order valence-corrected chi connectivity index (χ1v) is 9.31. The monoisotopic (exact) mass is 339 g/mol. The number of likely N-dealkylation sites (tertiary alicyclic amines) is 1. The summed E-state index contributed by atoms with van der Waals surface area (Å²) >= 11 is 0. The molecule has 132 valence electrons. The van der Waals surface area contributed by atoms with E-state index in [0.29, 0.717) is 18.9 Å². The van der Waals surface area contributed by atoms with Crippen molar-refractivity contribution in [1.82, 2.24) is 15.2 Å². The van der Waals surface area contributed by atoms with Crippen LogP contribution in [0.5, 0.6) is 0 Å². The van der Waals surface area contributed by atoms with E-state index in [0.717, 1.165) is 42.4 Å². The molecule has 1 aromatic carbocycles. The summed E-state index contributed by atoms with van der Waals surface area (Å²) in [4.78, 5) is 30.2. The van der Waals surface area contributed by atoms with Crippen LogP contribution in [0.1, 0.15) is 31.2 Å². The number of benzene rings is 1. The smallest absolute Gasteiger partial charge is 0.227 e. The third kappa shape index (κ3) is 3.70. The molecule has 1 atom stereocenters. The zero-order valence-corrected chi connectivity index (χ0v) is 14.5. The second-order valence-electron chi connectivity index (χ2n) is 7.40. The number of rotatable bonds is 5. The Morgan fingerprint density at radius 3 is 2.88 bits per heavy atom. The lowest BCUT2D eigenvalue weighted by atomic mass is 9.96. The third-order valence-corrected chi connectivity index (χ3v) is 5.42. The summed E-state index contributed by atoms with van der Waals surface area (Å²) in [5.74, 6) is 0.868. The van der Waals surface area contributed by atoms with Crippen LogP contribution in [0.15, 0.2) is 30.5 Å². The van der Waals surface area contributed by atoms with Crippen LogP contribution in [0.3, 0.4) is 0 Å². The maximum atomic E-state index is 12.7. The number of nitrogens with one attached hydrogen (secondary N) is 2. The molecule has 2 heterocycles. The topological polar surface area (TPSA) is 65.2 Å². The fourth-order valence-electron chi connectivity index (χ4n) is 3.68. The number of nitrogens with zero attached hydrogens (tertiary/aromatic N) is 1. The number of H-pyrrole nitrogens is 1. The van der Waals surface area contributed by atoms with E-state index in [1.165, 1.54) is 12.8 Å². The molecular weight excluding hydrogens is 314 g/mol. The largest absolute Gasteiger partial charge is 0.361 e. The van der Waals surface area contributed by atoms with Gasteiger partial charge in [-0.25, -0.2) is 0 Å². The van der Waals surface area contributed by atoms with Gasteiger partial charge in [0, 0.05) is 36.7 Å². The molecule has 1 aliphatic heterocycles. The minimum absolute atomic E-state index is 0.0561. The lowest BCUT2D eigenvalue weighted by molar-refractivity contribution is -0.135. The molecule has 4 rings (SSSR count). The fourth-order valence-corrected chi connectivity index (χ4v) is 3.68. The molecule has 2 fully saturated rings. The minimum Gasteiger partial charge on any atom is -0.361 e. The molecule has 1 saturated heterocycles. The number of hydrogen-bond acceptors (Lipinski definition) is 2. The standard InChI is InChI=1S/C20H25N3O2/c24-19(10-16-12-21-18-6-2-1-5-17(16)18)23-9-3-4-15(13-23)20(25)22-11-14-7-8-14/h1-2,5-6,12,14-15,21H,3-4,7-11,13H2,(H,22,25)/t15-/m1/s1. The molecular formula is C20H25N3O2. The number of aromatic amines is 1. The number of hydrogen-bond donors (Lipinski definition) is 2. The number of aromatic nitrogens is 1. The highest BCUT2D eigenvalue weighted by Gasteiger charge is 2.30. The van der Waals surface area contributed by atoms with E-state index in [-0.39, 0.29) is 17.7 Å². The molecule has 2 aromatic rings. The Bertz CT molecular complexity index is 778. The maximum absolute atomic E-state index is 12.7. The molecule has 1 aliphatic carbocycles. The quantitative estimate of drug-likeness (QED) is 0.879. The van der Waals surface area contributed by atoms with Crippen molar-refractivity contribution in [3.05, 3.63) is 36.0 Å². The van der Waals surface area contributed by atoms with Gasteiger partial charge in [-0.2, -0.15) is 0 Å². The summed E-state index contributed by atoms with van der Waals surface area (Å²) in [5.41, 5.74) is 2.09. The van der Waals surface area contributed by atoms with Crippen LogP contribution in [-0.4, -0.2) is 41.3 Å². The van der Waals surface area contributed by atoms with E-state index < -0.39 is 0 Å². The van der Waals surface area contributed by atoms with Crippen LogP contribution in [0.25, 0.3) is 10.9 Å². The highest BCUT2D eigenvalue weighted by molar-refractivity contribution is 5.89. The van der Waals surface area contributed by atoms with Crippen molar-refractivity contribution in [2.75, 3.05) is 19.6 Å². The summed E-state index contributed by atoms with van der Waals surface area (Å²) in [6, 6.07) is 8.04. The minimum atomic E-state index is -0.0561. The first kappa shape index (κ1) is 16.2. The molecule has 2 amide bonds. The molecule has 2 N–H and O–H groups in total. The van der Waals surface area contributed by atoms with E-state index in [4.69, 9.17) is 0 Å². The Morgan fingerprint density at radius 1 is 1.20 bits per heavy atom. The van der Waals surface area contributed by atoms with Gasteiger partial charge in [-0.1, -0.05) is 18.2 Å². The average molecular weight is 339 g/mol. The van der Waals surface area contributed by atoms with Crippen molar-refractivity contribution in [3.63, 3.8) is 0 Å². The van der Waals surface area contributed by atoms with E-state index in [2.05, 4.69) is 10.3 Å². The molecule has 2 aliphatic rings. The maximum Gasteiger partial charge on any atom is 0.227 e. The van der Waals surface area contributed by atoms with Crippen LogP contribution >= 0.6 is 0 Å². The van der Waals surface area contributed by atoms with Crippen LogP contribution in [0, 0.1) is 11.8 Å². The van der Waals surface area contributed by atoms with Gasteiger partial charge >= 0.3 is 0 Å². The van der Waals surface area contributed by atoms with Crippen LogP contribution in [0.4, 0.5) is 0 Å². The van der Waals surface area contributed by atoms with E-state index in [1.807, 2.05) is 35.4 Å². The van der Waals surface area contributed by atoms with Gasteiger partial charge in [0.25, 0.3) is 0 Å². The van der Waals surface area contributed by atoms with Gasteiger partial charge in [0.15, 0.2) is 0 Å². The number of fused-ring (bicyclic) bond motifs is 1. The number of amides is 2. The number of carbonyl (C=O) groups excluding carboxylic acids is 2. The number of para-hydroxylation sites is 1. The molecule has 1 aromatic heterocycles. The van der Waals surface area contributed by atoms with E-state index in [1.54, 1.807) is 0 Å². The van der Waals surface area contributed by atoms with Gasteiger partial charge in [0.2, 0.25) is 11.8 Å². The van der Waals surface area contributed by atoms with Crippen molar-refractivity contribution >= 4 is 22.7 Å². The lowest BCUT2D eigenvalue weighted by Gasteiger charge is -2.32. The molecule has 5 heteroatoms. The van der Waals surface area contributed by atoms with Crippen molar-refractivity contribution in [3.8, 4) is 0 Å². The lowest BCUT2D eigenvalue weighted by Crippen LogP contribution is -2.46. The molecule has 0 spiro atoms. The van der Waals surface area contributed by atoms with E-state index in [9.17, 15) is 9.59 Å². The Morgan fingerprint density at radius 2 is 2.04 bits per heavy atom. The third-order valence-electron chi connectivity index (χ3n) is 5.42. The average Bonchev–Trinajstić information content (AvgIpc) is 3.40. The van der Waals surface area contributed by atoms with Crippen molar-refractivity contribution in [1.29, 1.82) is 0 Å². The number of carbonyl (C=O) groups is 2. The van der Waals surface area contributed by atoms with Gasteiger partial charge in [-0.3, -0.25) is 9.59 Å². The molecule has 5 nitrogen and oxygen atoms in total. The first-order valence-electron chi connectivity index (χ1n) is 9.31. The van der Waals surface area contributed by atoms with Crippen LogP contribution in [-0.2, 0) is 16.0 Å². The summed E-state index contributed by atoms with van der Waals surface area (Å²) in [6.07, 6.45) is 6.57. The first-order chi connectivity index (χ1) is 12.2.